The molecule has 2 rings (SSSR count). The first kappa shape index (κ1) is 15.0. The third-order valence-corrected chi connectivity index (χ3v) is 3.34. The highest BCUT2D eigenvalue weighted by molar-refractivity contribution is 9.10. The van der Waals surface area contributed by atoms with Crippen molar-refractivity contribution in [1.82, 2.24) is 0 Å². The van der Waals surface area contributed by atoms with Gasteiger partial charge in [0.1, 0.15) is 5.82 Å². The van der Waals surface area contributed by atoms with E-state index in [0.717, 1.165) is 6.07 Å². The number of carbonyl (C=O) groups is 2. The van der Waals surface area contributed by atoms with Crippen molar-refractivity contribution in [3.05, 3.63) is 57.8 Å². The van der Waals surface area contributed by atoms with Crippen molar-refractivity contribution in [2.45, 2.75) is 0 Å². The Morgan fingerprint density at radius 3 is 2.38 bits per heavy atom. The molecule has 4 N–H and O–H groups in total. The number of halogens is 2. The number of carboxylic acid groups (broad SMARTS) is 1. The molecule has 0 aliphatic carbocycles. The molecular weight excluding hydrogens is 343 g/mol. The zero-order valence-electron chi connectivity index (χ0n) is 10.6. The Labute approximate surface area is 127 Å². The molecule has 0 unspecified atom stereocenters. The van der Waals surface area contributed by atoms with Crippen molar-refractivity contribution < 1.29 is 19.1 Å². The van der Waals surface area contributed by atoms with Crippen LogP contribution in [0.5, 0.6) is 0 Å². The maximum atomic E-state index is 13.1. The maximum absolute atomic E-state index is 13.1. The maximum Gasteiger partial charge on any atom is 0.335 e. The van der Waals surface area contributed by atoms with Gasteiger partial charge < -0.3 is 16.2 Å². The minimum atomic E-state index is -1.11. The third kappa shape index (κ3) is 3.38. The summed E-state index contributed by atoms with van der Waals surface area (Å²) in [4.78, 5) is 22.8. The van der Waals surface area contributed by atoms with E-state index in [9.17, 15) is 14.0 Å². The molecule has 5 nitrogen and oxygen atoms in total. The van der Waals surface area contributed by atoms with Crippen molar-refractivity contribution in [3.8, 4) is 0 Å². The summed E-state index contributed by atoms with van der Waals surface area (Å²) in [6.07, 6.45) is 0. The molecule has 0 fully saturated rings. The lowest BCUT2D eigenvalue weighted by Gasteiger charge is -2.09. The summed E-state index contributed by atoms with van der Waals surface area (Å²) in [7, 11) is 0. The standard InChI is InChI=1S/C14H10BrFN2O3/c15-9-5-7(1-3-10(9)16)13(19)18-12-4-2-8(14(20)21)6-11(12)17/h1-6H,17H2,(H,18,19)(H,20,21). The first-order valence-electron chi connectivity index (χ1n) is 5.77. The molecule has 0 saturated carbocycles. The van der Waals surface area contributed by atoms with Gasteiger partial charge in [-0.15, -0.1) is 0 Å². The van der Waals surface area contributed by atoms with Crippen LogP contribution in [0.15, 0.2) is 40.9 Å². The number of carboxylic acids is 1. The van der Waals surface area contributed by atoms with Gasteiger partial charge in [0.25, 0.3) is 5.91 Å². The normalized spacial score (nSPS) is 10.2. The van der Waals surface area contributed by atoms with Gasteiger partial charge >= 0.3 is 5.97 Å². The number of carbonyl (C=O) groups excluding carboxylic acids is 1. The lowest BCUT2D eigenvalue weighted by molar-refractivity contribution is 0.0697. The van der Waals surface area contributed by atoms with Crippen LogP contribution in [0.3, 0.4) is 0 Å². The van der Waals surface area contributed by atoms with Gasteiger partial charge in [-0.1, -0.05) is 0 Å². The van der Waals surface area contributed by atoms with Crippen molar-refractivity contribution in [1.29, 1.82) is 0 Å². The Hall–Kier alpha value is -2.41. The molecule has 7 heteroatoms. The van der Waals surface area contributed by atoms with Crippen LogP contribution in [0.2, 0.25) is 0 Å². The SMILES string of the molecule is Nc1cc(C(=O)O)ccc1NC(=O)c1ccc(F)c(Br)c1. The van der Waals surface area contributed by atoms with E-state index in [1.165, 1.54) is 30.3 Å². The second-order valence-electron chi connectivity index (χ2n) is 4.19. The molecule has 2 aromatic rings. The van der Waals surface area contributed by atoms with E-state index >= 15 is 0 Å². The second kappa shape index (κ2) is 5.92. The molecule has 0 aromatic heterocycles. The number of rotatable bonds is 3. The Balaban J connectivity index is 2.23. The highest BCUT2D eigenvalue weighted by Crippen LogP contribution is 2.22. The molecule has 0 aliphatic rings. The van der Waals surface area contributed by atoms with Crippen LogP contribution < -0.4 is 11.1 Å². The number of nitrogens with one attached hydrogen (secondary N) is 1. The summed E-state index contributed by atoms with van der Waals surface area (Å²) < 4.78 is 13.3. The fourth-order valence-corrected chi connectivity index (χ4v) is 2.02. The molecular formula is C14H10BrFN2O3. The van der Waals surface area contributed by atoms with Crippen LogP contribution in [0.1, 0.15) is 20.7 Å². The Morgan fingerprint density at radius 2 is 1.81 bits per heavy atom. The van der Waals surface area contributed by atoms with Gasteiger partial charge in [0.2, 0.25) is 0 Å². The zero-order chi connectivity index (χ0) is 15.6. The lowest BCUT2D eigenvalue weighted by Crippen LogP contribution is -2.13. The topological polar surface area (TPSA) is 92.4 Å². The van der Waals surface area contributed by atoms with E-state index in [0.29, 0.717) is 0 Å². The fourth-order valence-electron chi connectivity index (χ4n) is 1.64. The first-order valence-corrected chi connectivity index (χ1v) is 6.57. The third-order valence-electron chi connectivity index (χ3n) is 2.73. The number of benzene rings is 2. The minimum absolute atomic E-state index is 0.0232. The second-order valence-corrected chi connectivity index (χ2v) is 5.04. The highest BCUT2D eigenvalue weighted by atomic mass is 79.9. The number of hydrogen-bond acceptors (Lipinski definition) is 3. The Morgan fingerprint density at radius 1 is 1.14 bits per heavy atom. The van der Waals surface area contributed by atoms with Crippen LogP contribution in [0.4, 0.5) is 15.8 Å². The van der Waals surface area contributed by atoms with Gasteiger partial charge in [-0.3, -0.25) is 4.79 Å². The summed E-state index contributed by atoms with van der Waals surface area (Å²) in [5, 5.41) is 11.4. The molecule has 0 bridgehead atoms. The molecule has 0 heterocycles. The summed E-state index contributed by atoms with van der Waals surface area (Å²) in [5.74, 6) is -2.07. The van der Waals surface area contributed by atoms with E-state index in [2.05, 4.69) is 21.2 Å². The number of nitrogen functional groups attached to an aromatic ring is 1. The first-order chi connectivity index (χ1) is 9.88. The lowest BCUT2D eigenvalue weighted by atomic mass is 10.1. The average Bonchev–Trinajstić information content (AvgIpc) is 2.43. The van der Waals surface area contributed by atoms with Gasteiger partial charge in [-0.05, 0) is 52.3 Å². The van der Waals surface area contributed by atoms with Crippen LogP contribution in [-0.2, 0) is 0 Å². The summed E-state index contributed by atoms with van der Waals surface area (Å²) in [6, 6.07) is 7.81. The van der Waals surface area contributed by atoms with E-state index in [4.69, 9.17) is 10.8 Å². The van der Waals surface area contributed by atoms with Crippen molar-refractivity contribution >= 4 is 39.2 Å². The number of anilines is 2. The smallest absolute Gasteiger partial charge is 0.335 e. The molecule has 0 atom stereocenters. The monoisotopic (exact) mass is 352 g/mol. The average molecular weight is 353 g/mol. The predicted molar refractivity (Wildman–Crippen MR) is 79.9 cm³/mol. The number of hydrogen-bond donors (Lipinski definition) is 3. The van der Waals surface area contributed by atoms with Crippen molar-refractivity contribution in [3.63, 3.8) is 0 Å². The predicted octanol–water partition coefficient (Wildman–Crippen LogP) is 3.12. The minimum Gasteiger partial charge on any atom is -0.478 e. The van der Waals surface area contributed by atoms with Crippen molar-refractivity contribution in [2.75, 3.05) is 11.1 Å². The van der Waals surface area contributed by atoms with E-state index < -0.39 is 17.7 Å². The molecule has 108 valence electrons. The summed E-state index contributed by atoms with van der Waals surface area (Å²) in [5.41, 5.74) is 6.37. The van der Waals surface area contributed by atoms with E-state index in [-0.39, 0.29) is 27.0 Å². The van der Waals surface area contributed by atoms with Gasteiger partial charge in [0.05, 0.1) is 21.4 Å². The van der Waals surface area contributed by atoms with E-state index in [1.54, 1.807) is 0 Å². The van der Waals surface area contributed by atoms with Gasteiger partial charge in [0, 0.05) is 5.56 Å². The van der Waals surface area contributed by atoms with Crippen molar-refractivity contribution in [2.24, 2.45) is 0 Å². The number of aromatic carboxylic acids is 1. The molecule has 0 aliphatic heterocycles. The zero-order valence-corrected chi connectivity index (χ0v) is 12.1. The quantitative estimate of drug-likeness (QED) is 0.740. The Kier molecular flexibility index (Phi) is 4.23. The molecule has 0 spiro atoms. The van der Waals surface area contributed by atoms with Crippen LogP contribution in [0, 0.1) is 5.82 Å². The van der Waals surface area contributed by atoms with Gasteiger partial charge in [-0.2, -0.15) is 0 Å². The number of nitrogens with two attached hydrogens (primary N) is 1. The van der Waals surface area contributed by atoms with Gasteiger partial charge in [-0.25, -0.2) is 9.18 Å². The van der Waals surface area contributed by atoms with Crippen LogP contribution in [-0.4, -0.2) is 17.0 Å². The number of amides is 1. The summed E-state index contributed by atoms with van der Waals surface area (Å²) >= 11 is 2.99. The molecule has 0 radical (unpaired) electrons. The van der Waals surface area contributed by atoms with Gasteiger partial charge in [0.15, 0.2) is 0 Å². The van der Waals surface area contributed by atoms with Crippen LogP contribution in [0.25, 0.3) is 0 Å². The molecule has 21 heavy (non-hydrogen) atoms. The molecule has 1 amide bonds. The van der Waals surface area contributed by atoms with Crippen LogP contribution >= 0.6 is 15.9 Å². The Bertz CT molecular complexity index is 734. The highest BCUT2D eigenvalue weighted by Gasteiger charge is 2.12. The van der Waals surface area contributed by atoms with E-state index in [1.807, 2.05) is 0 Å². The summed E-state index contributed by atoms with van der Waals surface area (Å²) in [6.45, 7) is 0. The molecule has 0 saturated heterocycles. The molecule has 2 aromatic carbocycles. The largest absolute Gasteiger partial charge is 0.478 e. The fraction of sp³-hybridized carbons (Fsp3) is 0.